The maximum Gasteiger partial charge on any atom is 0.336 e. The molecule has 7 nitrogen and oxygen atoms in total. The van der Waals surface area contributed by atoms with E-state index in [1.165, 1.54) is 13.0 Å². The van der Waals surface area contributed by atoms with Crippen LogP contribution in [-0.2, 0) is 19.1 Å². The molecule has 7 heteroatoms. The molecule has 28 heavy (non-hydrogen) atoms. The average molecular weight is 386 g/mol. The van der Waals surface area contributed by atoms with Crippen LogP contribution in [0.4, 0.5) is 0 Å². The number of ether oxygens (including phenoxy) is 3. The van der Waals surface area contributed by atoms with E-state index in [0.717, 1.165) is 0 Å². The molecule has 1 aromatic carbocycles. The van der Waals surface area contributed by atoms with Gasteiger partial charge in [-0.05, 0) is 45.9 Å². The van der Waals surface area contributed by atoms with Crippen LogP contribution in [0.25, 0.3) is 11.0 Å². The highest BCUT2D eigenvalue weighted by Crippen LogP contribution is 2.47. The molecule has 0 fully saturated rings. The molecule has 0 bridgehead atoms. The quantitative estimate of drug-likeness (QED) is 0.451. The molecular weight excluding hydrogens is 364 g/mol. The highest BCUT2D eigenvalue weighted by atomic mass is 16.6. The lowest BCUT2D eigenvalue weighted by Crippen LogP contribution is -2.46. The van der Waals surface area contributed by atoms with Gasteiger partial charge in [-0.2, -0.15) is 0 Å². The SMILES string of the molecule is C/C=C(\C)C(=O)OC(C)(C)[C@H]1Oc2ccc3ccc(=O)oc3c2[C@H]1OC(C)=O. The Balaban J connectivity index is 2.08. The number of benzene rings is 1. The number of fused-ring (bicyclic) bond motifs is 3. The molecule has 0 amide bonds. The van der Waals surface area contributed by atoms with Crippen molar-refractivity contribution in [3.05, 3.63) is 51.9 Å². The molecule has 1 aliphatic heterocycles. The van der Waals surface area contributed by atoms with Crippen molar-refractivity contribution in [1.29, 1.82) is 0 Å². The van der Waals surface area contributed by atoms with Crippen LogP contribution in [-0.4, -0.2) is 23.6 Å². The van der Waals surface area contributed by atoms with Crippen LogP contribution >= 0.6 is 0 Å². The molecule has 0 aliphatic carbocycles. The molecular formula is C21H22O7. The highest BCUT2D eigenvalue weighted by Gasteiger charge is 2.50. The van der Waals surface area contributed by atoms with Crippen molar-refractivity contribution >= 4 is 22.9 Å². The van der Waals surface area contributed by atoms with E-state index in [2.05, 4.69) is 0 Å². The molecule has 0 radical (unpaired) electrons. The van der Waals surface area contributed by atoms with Gasteiger partial charge < -0.3 is 18.6 Å². The second-order valence-electron chi connectivity index (χ2n) is 7.18. The minimum Gasteiger partial charge on any atom is -0.481 e. The van der Waals surface area contributed by atoms with E-state index in [9.17, 15) is 14.4 Å². The largest absolute Gasteiger partial charge is 0.481 e. The van der Waals surface area contributed by atoms with E-state index in [0.29, 0.717) is 22.3 Å². The molecule has 2 atom stereocenters. The molecule has 0 N–H and O–H groups in total. The zero-order valence-electron chi connectivity index (χ0n) is 16.4. The second kappa shape index (κ2) is 7.14. The predicted molar refractivity (Wildman–Crippen MR) is 101 cm³/mol. The fourth-order valence-electron chi connectivity index (χ4n) is 3.16. The molecule has 0 unspecified atom stereocenters. The summed E-state index contributed by atoms with van der Waals surface area (Å²) < 4.78 is 22.5. The van der Waals surface area contributed by atoms with Crippen LogP contribution in [0.2, 0.25) is 0 Å². The van der Waals surface area contributed by atoms with Gasteiger partial charge in [0.05, 0.1) is 5.56 Å². The van der Waals surface area contributed by atoms with Crippen molar-refractivity contribution in [2.75, 3.05) is 0 Å². The first-order chi connectivity index (χ1) is 13.1. The molecule has 2 aromatic rings. The first kappa shape index (κ1) is 19.7. The van der Waals surface area contributed by atoms with E-state index in [-0.39, 0.29) is 5.58 Å². The van der Waals surface area contributed by atoms with E-state index >= 15 is 0 Å². The zero-order chi connectivity index (χ0) is 20.6. The molecule has 1 aliphatic rings. The summed E-state index contributed by atoms with van der Waals surface area (Å²) in [5.74, 6) is -0.622. The van der Waals surface area contributed by atoms with Gasteiger partial charge in [0.15, 0.2) is 12.2 Å². The number of hydrogen-bond donors (Lipinski definition) is 0. The number of carbonyl (C=O) groups excluding carboxylic acids is 2. The molecule has 1 aromatic heterocycles. The van der Waals surface area contributed by atoms with E-state index in [1.807, 2.05) is 0 Å². The Kier molecular flexibility index (Phi) is 5.02. The second-order valence-corrected chi connectivity index (χ2v) is 7.18. The van der Waals surface area contributed by atoms with Crippen molar-refractivity contribution < 1.29 is 28.2 Å². The van der Waals surface area contributed by atoms with Crippen LogP contribution < -0.4 is 10.4 Å². The predicted octanol–water partition coefficient (Wildman–Crippen LogP) is 3.45. The van der Waals surface area contributed by atoms with Gasteiger partial charge in [-0.15, -0.1) is 0 Å². The Morgan fingerprint density at radius 1 is 1.14 bits per heavy atom. The molecule has 0 saturated heterocycles. The van der Waals surface area contributed by atoms with Gasteiger partial charge in [0.1, 0.15) is 16.9 Å². The van der Waals surface area contributed by atoms with Crippen molar-refractivity contribution in [3.8, 4) is 5.75 Å². The number of hydrogen-bond acceptors (Lipinski definition) is 7. The number of rotatable bonds is 4. The number of allylic oxidation sites excluding steroid dienone is 1. The lowest BCUT2D eigenvalue weighted by Gasteiger charge is -2.33. The Morgan fingerprint density at radius 2 is 1.82 bits per heavy atom. The summed E-state index contributed by atoms with van der Waals surface area (Å²) in [6, 6.07) is 6.39. The molecule has 0 spiro atoms. The van der Waals surface area contributed by atoms with Crippen LogP contribution in [0, 0.1) is 0 Å². The standard InChI is InChI=1S/C21H22O7/c1-6-11(2)20(24)28-21(4,5)19-18(25-12(3)22)16-14(26-19)9-7-13-8-10-15(23)27-17(13)16/h6-10,18-19H,1-5H3/b11-6+/t18-,19+/m1/s1. The fourth-order valence-corrected chi connectivity index (χ4v) is 3.16. The summed E-state index contributed by atoms with van der Waals surface area (Å²) >= 11 is 0. The molecule has 0 saturated carbocycles. The van der Waals surface area contributed by atoms with Crippen LogP contribution in [0.5, 0.6) is 5.75 Å². The van der Waals surface area contributed by atoms with Gasteiger partial charge >= 0.3 is 17.6 Å². The lowest BCUT2D eigenvalue weighted by atomic mass is 9.93. The van der Waals surface area contributed by atoms with Crippen LogP contribution in [0.15, 0.2) is 45.1 Å². The van der Waals surface area contributed by atoms with E-state index in [4.69, 9.17) is 18.6 Å². The van der Waals surface area contributed by atoms with Crippen molar-refractivity contribution in [2.24, 2.45) is 0 Å². The highest BCUT2D eigenvalue weighted by molar-refractivity contribution is 5.88. The summed E-state index contributed by atoms with van der Waals surface area (Å²) in [7, 11) is 0. The summed E-state index contributed by atoms with van der Waals surface area (Å²) in [5, 5.41) is 0.666. The molecule has 3 rings (SSSR count). The summed E-state index contributed by atoms with van der Waals surface area (Å²) in [6.45, 7) is 8.02. The third kappa shape index (κ3) is 3.52. The fraction of sp³-hybridized carbons (Fsp3) is 0.381. The monoisotopic (exact) mass is 386 g/mol. The smallest absolute Gasteiger partial charge is 0.336 e. The Bertz CT molecular complexity index is 1030. The van der Waals surface area contributed by atoms with Crippen molar-refractivity contribution in [3.63, 3.8) is 0 Å². The van der Waals surface area contributed by atoms with Gasteiger partial charge in [-0.25, -0.2) is 9.59 Å². The van der Waals surface area contributed by atoms with Gasteiger partial charge in [-0.1, -0.05) is 6.08 Å². The summed E-state index contributed by atoms with van der Waals surface area (Å²) in [6.07, 6.45) is -0.0828. The van der Waals surface area contributed by atoms with Crippen LogP contribution in [0.3, 0.4) is 0 Å². The first-order valence-corrected chi connectivity index (χ1v) is 8.91. The Labute approximate surface area is 161 Å². The minimum absolute atomic E-state index is 0.283. The molecule has 2 heterocycles. The van der Waals surface area contributed by atoms with E-state index < -0.39 is 35.4 Å². The van der Waals surface area contributed by atoms with Crippen LogP contribution in [0.1, 0.15) is 46.3 Å². The van der Waals surface area contributed by atoms with Crippen molar-refractivity contribution in [1.82, 2.24) is 0 Å². The number of esters is 2. The van der Waals surface area contributed by atoms with Gasteiger partial charge in [-0.3, -0.25) is 4.79 Å². The summed E-state index contributed by atoms with van der Waals surface area (Å²) in [4.78, 5) is 35.8. The normalized spacial score (nSPS) is 19.1. The van der Waals surface area contributed by atoms with E-state index in [1.54, 1.807) is 52.0 Å². The third-order valence-electron chi connectivity index (χ3n) is 4.69. The Hall–Kier alpha value is -3.09. The van der Waals surface area contributed by atoms with Crippen molar-refractivity contribution in [2.45, 2.75) is 52.4 Å². The third-order valence-corrected chi connectivity index (χ3v) is 4.69. The van der Waals surface area contributed by atoms with Gasteiger partial charge in [0.25, 0.3) is 0 Å². The first-order valence-electron chi connectivity index (χ1n) is 8.91. The maximum atomic E-state index is 12.3. The Morgan fingerprint density at radius 3 is 2.46 bits per heavy atom. The maximum absolute atomic E-state index is 12.3. The average Bonchev–Trinajstić information content (AvgIpc) is 2.99. The lowest BCUT2D eigenvalue weighted by molar-refractivity contribution is -0.173. The summed E-state index contributed by atoms with van der Waals surface area (Å²) in [5.41, 5.74) is -0.487. The topological polar surface area (TPSA) is 92.0 Å². The van der Waals surface area contributed by atoms with Gasteiger partial charge in [0, 0.05) is 23.9 Å². The molecule has 148 valence electrons. The zero-order valence-corrected chi connectivity index (χ0v) is 16.4. The number of carbonyl (C=O) groups is 2. The minimum atomic E-state index is -1.14. The van der Waals surface area contributed by atoms with Gasteiger partial charge in [0.2, 0.25) is 0 Å².